The van der Waals surface area contributed by atoms with Crippen molar-refractivity contribution in [1.29, 1.82) is 0 Å². The maximum Gasteiger partial charge on any atom is 0.263 e. The third-order valence-electron chi connectivity index (χ3n) is 4.26. The van der Waals surface area contributed by atoms with Crippen LogP contribution in [0.4, 0.5) is 14.5 Å². The van der Waals surface area contributed by atoms with Crippen molar-refractivity contribution in [2.45, 2.75) is 19.3 Å². The molecule has 3 rings (SSSR count). The highest BCUT2D eigenvalue weighted by Gasteiger charge is 2.28. The molecular weight excluding hydrogens is 346 g/mol. The minimum Gasteiger partial charge on any atom is -0.344 e. The highest BCUT2D eigenvalue weighted by Crippen LogP contribution is 2.33. The van der Waals surface area contributed by atoms with Gasteiger partial charge < -0.3 is 10.2 Å². The highest BCUT2D eigenvalue weighted by molar-refractivity contribution is 7.14. The first kappa shape index (κ1) is 17.5. The van der Waals surface area contributed by atoms with E-state index in [1.54, 1.807) is 14.1 Å². The third kappa shape index (κ3) is 3.71. The Morgan fingerprint density at radius 1 is 1.20 bits per heavy atom. The van der Waals surface area contributed by atoms with Crippen molar-refractivity contribution in [1.82, 2.24) is 4.90 Å². The molecule has 0 radical (unpaired) electrons. The van der Waals surface area contributed by atoms with E-state index in [1.165, 1.54) is 22.3 Å². The fourth-order valence-corrected chi connectivity index (χ4v) is 4.12. The van der Waals surface area contributed by atoms with Gasteiger partial charge in [0.25, 0.3) is 5.91 Å². The summed E-state index contributed by atoms with van der Waals surface area (Å²) in [7, 11) is 3.41. The Balaban J connectivity index is 1.70. The molecular formula is C18H18F2N2O2S. The van der Waals surface area contributed by atoms with Gasteiger partial charge in [0.05, 0.1) is 4.88 Å². The van der Waals surface area contributed by atoms with E-state index in [4.69, 9.17) is 0 Å². The number of rotatable bonds is 3. The molecule has 1 aliphatic rings. The van der Waals surface area contributed by atoms with E-state index in [1.807, 2.05) is 6.07 Å². The summed E-state index contributed by atoms with van der Waals surface area (Å²) >= 11 is 1.48. The summed E-state index contributed by atoms with van der Waals surface area (Å²) < 4.78 is 26.2. The average Bonchev–Trinajstić information content (AvgIpc) is 3.00. The highest BCUT2D eigenvalue weighted by atomic mass is 32.1. The predicted octanol–water partition coefficient (Wildman–Crippen LogP) is 3.47. The summed E-state index contributed by atoms with van der Waals surface area (Å²) in [5, 5.41) is 2.64. The van der Waals surface area contributed by atoms with E-state index >= 15 is 0 Å². The maximum absolute atomic E-state index is 13.3. The van der Waals surface area contributed by atoms with Crippen LogP contribution in [-0.2, 0) is 17.6 Å². The quantitative estimate of drug-likeness (QED) is 0.907. The number of benzene rings is 1. The molecule has 1 N–H and O–H groups in total. The SMILES string of the molecule is CN(C)C(=O)c1cc2c(s1)CC[C@H](C(=O)Nc1ccc(F)c(F)c1)C2. The van der Waals surface area contributed by atoms with Gasteiger partial charge in [-0.05, 0) is 43.0 Å². The smallest absolute Gasteiger partial charge is 0.263 e. The summed E-state index contributed by atoms with van der Waals surface area (Å²) in [4.78, 5) is 27.8. The van der Waals surface area contributed by atoms with Crippen LogP contribution in [0.1, 0.15) is 26.5 Å². The number of thiophene rings is 1. The lowest BCUT2D eigenvalue weighted by molar-refractivity contribution is -0.120. The standard InChI is InChI=1S/C18H18F2N2O2S/c1-22(2)18(24)16-8-11-7-10(3-6-15(11)25-16)17(23)21-12-4-5-13(19)14(20)9-12/h4-5,8-10H,3,6-7H2,1-2H3,(H,21,23)/t10-/m0/s1. The Morgan fingerprint density at radius 3 is 2.64 bits per heavy atom. The molecule has 0 saturated heterocycles. The van der Waals surface area contributed by atoms with Gasteiger partial charge in [-0.1, -0.05) is 0 Å². The molecule has 7 heteroatoms. The van der Waals surface area contributed by atoms with Crippen LogP contribution in [0.5, 0.6) is 0 Å². The molecule has 0 bridgehead atoms. The second-order valence-corrected chi connectivity index (χ2v) is 7.45. The number of nitrogens with one attached hydrogen (secondary N) is 1. The molecule has 1 aromatic heterocycles. The Morgan fingerprint density at radius 2 is 1.96 bits per heavy atom. The molecule has 1 aliphatic carbocycles. The van der Waals surface area contributed by atoms with Crippen molar-refractivity contribution in [2.75, 3.05) is 19.4 Å². The van der Waals surface area contributed by atoms with E-state index in [9.17, 15) is 18.4 Å². The minimum absolute atomic E-state index is 0.0396. The second kappa shape index (κ2) is 6.92. The largest absolute Gasteiger partial charge is 0.344 e. The third-order valence-corrected chi connectivity index (χ3v) is 5.48. The second-order valence-electron chi connectivity index (χ2n) is 6.32. The normalized spacial score (nSPS) is 16.2. The number of hydrogen-bond donors (Lipinski definition) is 1. The van der Waals surface area contributed by atoms with Crippen LogP contribution in [0.15, 0.2) is 24.3 Å². The molecule has 0 aliphatic heterocycles. The predicted molar refractivity (Wildman–Crippen MR) is 92.8 cm³/mol. The number of anilines is 1. The van der Waals surface area contributed by atoms with Gasteiger partial charge in [0, 0.05) is 36.6 Å². The lowest BCUT2D eigenvalue weighted by Gasteiger charge is -2.21. The van der Waals surface area contributed by atoms with Crippen LogP contribution in [-0.4, -0.2) is 30.8 Å². The van der Waals surface area contributed by atoms with E-state index in [0.717, 1.165) is 29.0 Å². The van der Waals surface area contributed by atoms with Gasteiger partial charge in [-0.25, -0.2) is 8.78 Å². The van der Waals surface area contributed by atoms with Crippen molar-refractivity contribution in [3.8, 4) is 0 Å². The number of aryl methyl sites for hydroxylation is 1. The lowest BCUT2D eigenvalue weighted by Crippen LogP contribution is -2.27. The number of nitrogens with zero attached hydrogens (tertiary/aromatic N) is 1. The average molecular weight is 364 g/mol. The van der Waals surface area contributed by atoms with Crippen LogP contribution in [0.2, 0.25) is 0 Å². The zero-order valence-corrected chi connectivity index (χ0v) is 14.8. The zero-order chi connectivity index (χ0) is 18.1. The summed E-state index contributed by atoms with van der Waals surface area (Å²) in [6.45, 7) is 0. The van der Waals surface area contributed by atoms with Crippen molar-refractivity contribution >= 4 is 28.8 Å². The van der Waals surface area contributed by atoms with Crippen molar-refractivity contribution in [2.24, 2.45) is 5.92 Å². The van der Waals surface area contributed by atoms with Crippen molar-refractivity contribution in [3.63, 3.8) is 0 Å². The van der Waals surface area contributed by atoms with E-state index < -0.39 is 11.6 Å². The van der Waals surface area contributed by atoms with Gasteiger partial charge in [0.2, 0.25) is 5.91 Å². The fraction of sp³-hybridized carbons (Fsp3) is 0.333. The van der Waals surface area contributed by atoms with E-state index in [-0.39, 0.29) is 23.4 Å². The zero-order valence-electron chi connectivity index (χ0n) is 13.9. The number of amides is 2. The molecule has 1 atom stereocenters. The molecule has 132 valence electrons. The van der Waals surface area contributed by atoms with Gasteiger partial charge in [0.1, 0.15) is 0 Å². The maximum atomic E-state index is 13.3. The Hall–Kier alpha value is -2.28. The van der Waals surface area contributed by atoms with Crippen LogP contribution in [0, 0.1) is 17.6 Å². The summed E-state index contributed by atoms with van der Waals surface area (Å²) in [6, 6.07) is 5.16. The molecule has 2 aromatic rings. The number of carbonyl (C=O) groups is 2. The first-order valence-electron chi connectivity index (χ1n) is 7.94. The molecule has 1 heterocycles. The number of hydrogen-bond acceptors (Lipinski definition) is 3. The summed E-state index contributed by atoms with van der Waals surface area (Å²) in [5.41, 5.74) is 1.26. The van der Waals surface area contributed by atoms with Gasteiger partial charge in [-0.3, -0.25) is 9.59 Å². The van der Waals surface area contributed by atoms with Gasteiger partial charge in [0.15, 0.2) is 11.6 Å². The molecule has 1 aromatic carbocycles. The molecule has 0 spiro atoms. The number of halogens is 2. The van der Waals surface area contributed by atoms with Crippen LogP contribution in [0.3, 0.4) is 0 Å². The van der Waals surface area contributed by atoms with Crippen LogP contribution >= 0.6 is 11.3 Å². The lowest BCUT2D eigenvalue weighted by atomic mass is 9.87. The molecule has 25 heavy (non-hydrogen) atoms. The van der Waals surface area contributed by atoms with Crippen molar-refractivity contribution < 1.29 is 18.4 Å². The Kier molecular flexibility index (Phi) is 4.85. The molecule has 0 unspecified atom stereocenters. The first-order chi connectivity index (χ1) is 11.8. The summed E-state index contributed by atoms with van der Waals surface area (Å²) in [5.74, 6) is -2.45. The molecule has 0 fully saturated rings. The fourth-order valence-electron chi connectivity index (χ4n) is 2.89. The van der Waals surface area contributed by atoms with Gasteiger partial charge in [-0.2, -0.15) is 0 Å². The monoisotopic (exact) mass is 364 g/mol. The van der Waals surface area contributed by atoms with Crippen LogP contribution < -0.4 is 5.32 Å². The number of fused-ring (bicyclic) bond motifs is 1. The topological polar surface area (TPSA) is 49.4 Å². The first-order valence-corrected chi connectivity index (χ1v) is 8.76. The Labute approximate surface area is 148 Å². The number of carbonyl (C=O) groups excluding carboxylic acids is 2. The Bertz CT molecular complexity index is 832. The molecule has 0 saturated carbocycles. The van der Waals surface area contributed by atoms with Crippen molar-refractivity contribution in [3.05, 3.63) is 51.2 Å². The van der Waals surface area contributed by atoms with Gasteiger partial charge in [-0.15, -0.1) is 11.3 Å². The van der Waals surface area contributed by atoms with Gasteiger partial charge >= 0.3 is 0 Å². The minimum atomic E-state index is -0.992. The summed E-state index contributed by atoms with van der Waals surface area (Å²) in [6.07, 6.45) is 1.94. The molecule has 2 amide bonds. The van der Waals surface area contributed by atoms with E-state index in [0.29, 0.717) is 17.7 Å². The van der Waals surface area contributed by atoms with E-state index in [2.05, 4.69) is 5.32 Å². The van der Waals surface area contributed by atoms with Crippen LogP contribution in [0.25, 0.3) is 0 Å². The molecule has 4 nitrogen and oxygen atoms in total.